The molecule has 25 heavy (non-hydrogen) atoms. The molecule has 0 bridgehead atoms. The second-order valence-electron chi connectivity index (χ2n) is 6.76. The number of carbonyl (C=O) groups excluding carboxylic acids is 1. The van der Waals surface area contributed by atoms with Crippen molar-refractivity contribution in [2.75, 3.05) is 21.1 Å². The van der Waals surface area contributed by atoms with Gasteiger partial charge in [-0.25, -0.2) is 13.6 Å². The van der Waals surface area contributed by atoms with E-state index in [1.807, 2.05) is 0 Å². The number of sulfonamides is 1. The van der Waals surface area contributed by atoms with Crippen LogP contribution in [0.1, 0.15) is 26.5 Å². The van der Waals surface area contributed by atoms with Crippen molar-refractivity contribution < 1.29 is 36.0 Å². The van der Waals surface area contributed by atoms with Gasteiger partial charge in [0.05, 0.1) is 26.8 Å². The highest BCUT2D eigenvalue weighted by Crippen LogP contribution is 2.37. The fraction of sp³-hybridized carbons (Fsp3) is 0.692. The first-order valence-corrected chi connectivity index (χ1v) is 8.58. The summed E-state index contributed by atoms with van der Waals surface area (Å²) in [6, 6.07) is 1.53. The van der Waals surface area contributed by atoms with Crippen LogP contribution in [0.4, 0.5) is 13.2 Å². The molecule has 1 rings (SSSR count). The molecule has 0 aromatic carbocycles. The highest BCUT2D eigenvalue weighted by Gasteiger charge is 2.45. The zero-order valence-corrected chi connectivity index (χ0v) is 15.6. The number of aliphatic carboxylic acids is 1. The highest BCUT2D eigenvalue weighted by atomic mass is 32.2. The van der Waals surface area contributed by atoms with Crippen LogP contribution in [0.5, 0.6) is 0 Å². The lowest BCUT2D eigenvalue weighted by Gasteiger charge is -2.45. The van der Waals surface area contributed by atoms with Crippen LogP contribution in [0.25, 0.3) is 0 Å². The summed E-state index contributed by atoms with van der Waals surface area (Å²) < 4.78 is 54.8. The number of nitrogens with zero attached hydrogens (tertiary/aromatic N) is 2. The summed E-state index contributed by atoms with van der Waals surface area (Å²) in [5.41, 5.74) is 0.490. The Morgan fingerprint density at radius 3 is 1.92 bits per heavy atom. The normalized spacial score (nSPS) is 15.3. The number of alkyl halides is 3. The number of rotatable bonds is 4. The second-order valence-corrected chi connectivity index (χ2v) is 8.27. The first-order valence-electron chi connectivity index (χ1n) is 7.03. The maximum absolute atomic E-state index is 11.3. The molecule has 12 heteroatoms. The van der Waals surface area contributed by atoms with Crippen molar-refractivity contribution >= 4 is 16.0 Å². The van der Waals surface area contributed by atoms with E-state index >= 15 is 0 Å². The molecule has 0 aliphatic carbocycles. The third-order valence-corrected chi connectivity index (χ3v) is 4.93. The van der Waals surface area contributed by atoms with Crippen molar-refractivity contribution in [2.45, 2.75) is 37.5 Å². The van der Waals surface area contributed by atoms with Crippen LogP contribution >= 0.6 is 0 Å². The van der Waals surface area contributed by atoms with Crippen molar-refractivity contribution in [3.05, 3.63) is 11.8 Å². The summed E-state index contributed by atoms with van der Waals surface area (Å²) in [7, 11) is 2.44. The maximum Gasteiger partial charge on any atom is 0.430 e. The van der Waals surface area contributed by atoms with Crippen LogP contribution in [0.2, 0.25) is 0 Å². The molecule has 0 radical (unpaired) electrons. The molecule has 0 fully saturated rings. The van der Waals surface area contributed by atoms with Crippen molar-refractivity contribution in [1.29, 1.82) is 0 Å². The van der Waals surface area contributed by atoms with Gasteiger partial charge in [0.1, 0.15) is 11.5 Å². The second kappa shape index (κ2) is 7.30. The topological polar surface area (TPSA) is 129 Å². The lowest BCUT2D eigenvalue weighted by atomic mass is 9.82. The summed E-state index contributed by atoms with van der Waals surface area (Å²) in [5, 5.41) is 20.4. The van der Waals surface area contributed by atoms with Crippen molar-refractivity contribution in [1.82, 2.24) is 10.2 Å². The first-order chi connectivity index (χ1) is 10.8. The quantitative estimate of drug-likeness (QED) is 0.698. The van der Waals surface area contributed by atoms with Crippen molar-refractivity contribution in [2.24, 2.45) is 11.1 Å². The smallest absolute Gasteiger partial charge is 0.430 e. The monoisotopic (exact) mass is 388 g/mol. The van der Waals surface area contributed by atoms with E-state index in [4.69, 9.17) is 15.0 Å². The summed E-state index contributed by atoms with van der Waals surface area (Å²) in [6.45, 7) is 6.28. The molecule has 0 saturated carbocycles. The minimum Gasteiger partial charge on any atom is -0.542 e. The summed E-state index contributed by atoms with van der Waals surface area (Å²) in [6.07, 6.45) is -5.19. The number of halogens is 3. The minimum atomic E-state index is -5.19. The predicted octanol–water partition coefficient (Wildman–Crippen LogP) is -0.0669. The molecule has 1 unspecified atom stereocenters. The molecule has 1 aromatic rings. The molecule has 1 heterocycles. The Kier molecular flexibility index (Phi) is 6.81. The van der Waals surface area contributed by atoms with E-state index in [9.17, 15) is 21.6 Å². The fourth-order valence-electron chi connectivity index (χ4n) is 2.16. The van der Waals surface area contributed by atoms with E-state index in [1.54, 1.807) is 0 Å². The Hall–Kier alpha value is -1.66. The molecule has 3 N–H and O–H groups in total. The summed E-state index contributed by atoms with van der Waals surface area (Å²) >= 11 is 0. The van der Waals surface area contributed by atoms with Gasteiger partial charge in [-0.3, -0.25) is 5.10 Å². The Bertz CT molecular complexity index is 708. The van der Waals surface area contributed by atoms with Gasteiger partial charge in [-0.15, -0.1) is 0 Å². The Balaban J connectivity index is 0.000000697. The van der Waals surface area contributed by atoms with Gasteiger partial charge >= 0.3 is 6.18 Å². The third kappa shape index (κ3) is 5.68. The van der Waals surface area contributed by atoms with Crippen LogP contribution in [0, 0.1) is 5.92 Å². The number of nitrogens with two attached hydrogens (primary N) is 1. The molecule has 0 saturated heterocycles. The Morgan fingerprint density at radius 2 is 1.72 bits per heavy atom. The van der Waals surface area contributed by atoms with Gasteiger partial charge in [0, 0.05) is 12.0 Å². The number of primary sulfonamides is 1. The number of quaternary nitrogens is 1. The number of aromatic amines is 1. The zero-order chi connectivity index (χ0) is 20.4. The zero-order valence-electron chi connectivity index (χ0n) is 14.8. The molecule has 1 aromatic heterocycles. The molecular formula is C13H23F3N4O4S. The molecule has 0 amide bonds. The van der Waals surface area contributed by atoms with E-state index in [0.717, 1.165) is 5.69 Å². The van der Waals surface area contributed by atoms with Crippen LogP contribution < -0.4 is 10.2 Å². The Labute approximate surface area is 144 Å². The van der Waals surface area contributed by atoms with E-state index in [-0.39, 0.29) is 10.6 Å². The van der Waals surface area contributed by atoms with Crippen LogP contribution in [0.15, 0.2) is 11.1 Å². The summed E-state index contributed by atoms with van der Waals surface area (Å²) in [4.78, 5) is 8.78. The minimum absolute atomic E-state index is 0.113. The van der Waals surface area contributed by atoms with Gasteiger partial charge in [0.15, 0.2) is 5.03 Å². The molecule has 1 atom stereocenters. The van der Waals surface area contributed by atoms with Crippen molar-refractivity contribution in [3.63, 3.8) is 0 Å². The lowest BCUT2D eigenvalue weighted by Crippen LogP contribution is -2.56. The average Bonchev–Trinajstić information content (AvgIpc) is 2.85. The number of carbonyl (C=O) groups is 1. The number of carboxylic acid groups (broad SMARTS) is 1. The first kappa shape index (κ1) is 23.3. The molecule has 0 aliphatic rings. The number of H-pyrrole nitrogens is 1. The van der Waals surface area contributed by atoms with E-state index in [1.165, 1.54) is 6.07 Å². The average molecular weight is 388 g/mol. The lowest BCUT2D eigenvalue weighted by molar-refractivity contribution is -0.934. The number of hydrogen-bond acceptors (Lipinski definition) is 5. The van der Waals surface area contributed by atoms with Gasteiger partial charge < -0.3 is 14.4 Å². The van der Waals surface area contributed by atoms with E-state index in [0.29, 0.717) is 10.4 Å². The van der Waals surface area contributed by atoms with E-state index in [2.05, 4.69) is 52.1 Å². The number of nitrogens with one attached hydrogen (secondary N) is 1. The third-order valence-electron chi connectivity index (χ3n) is 4.14. The molecule has 0 spiro atoms. The number of aromatic nitrogens is 2. The van der Waals surface area contributed by atoms with Gasteiger partial charge in [0.2, 0.25) is 0 Å². The fourth-order valence-corrected chi connectivity index (χ4v) is 2.61. The highest BCUT2D eigenvalue weighted by molar-refractivity contribution is 7.89. The van der Waals surface area contributed by atoms with Crippen LogP contribution in [-0.2, 0) is 20.4 Å². The van der Waals surface area contributed by atoms with Gasteiger partial charge in [0.25, 0.3) is 10.0 Å². The molecule has 146 valence electrons. The number of hydrogen-bond donors (Lipinski definition) is 2. The van der Waals surface area contributed by atoms with Gasteiger partial charge in [-0.1, -0.05) is 13.8 Å². The standard InChI is InChI=1S/C11H23N4O2S.C2HF3O2/c1-8(2)11(3,15(4,5)6)9-7-10(14-13-9)18(12,16)17;3-2(4,5)1(6)7/h7-8H,1-6H3,(H,13,14)(H2,12,16,17);(H,6,7)/q+1;/p-1. The number of carboxylic acids is 1. The van der Waals surface area contributed by atoms with Gasteiger partial charge in [-0.2, -0.15) is 18.3 Å². The van der Waals surface area contributed by atoms with Gasteiger partial charge in [-0.05, 0) is 6.92 Å². The van der Waals surface area contributed by atoms with Crippen LogP contribution in [0.3, 0.4) is 0 Å². The molecular weight excluding hydrogens is 365 g/mol. The largest absolute Gasteiger partial charge is 0.542 e. The molecule has 8 nitrogen and oxygen atoms in total. The Morgan fingerprint density at radius 1 is 1.32 bits per heavy atom. The SMILES string of the molecule is CC(C)C(C)(c1cc(S(N)(=O)=O)n[nH]1)[N+](C)(C)C.O=C([O-])C(F)(F)F. The maximum atomic E-state index is 11.3. The predicted molar refractivity (Wildman–Crippen MR) is 81.2 cm³/mol. The summed E-state index contributed by atoms with van der Waals surface area (Å²) in [5.74, 6) is -2.71. The van der Waals surface area contributed by atoms with Crippen LogP contribution in [-0.4, -0.2) is 56.4 Å². The molecule has 0 aliphatic heterocycles. The van der Waals surface area contributed by atoms with E-state index < -0.39 is 22.2 Å². The van der Waals surface area contributed by atoms with Crippen molar-refractivity contribution in [3.8, 4) is 0 Å².